The quantitative estimate of drug-likeness (QED) is 0.709. The van der Waals surface area contributed by atoms with Gasteiger partial charge in [-0.1, -0.05) is 22.9 Å². The lowest BCUT2D eigenvalue weighted by atomic mass is 10.2. The topological polar surface area (TPSA) is 64.3 Å². The molecule has 2 rings (SSSR count). The van der Waals surface area contributed by atoms with Gasteiger partial charge in [0.05, 0.1) is 23.9 Å². The van der Waals surface area contributed by atoms with E-state index in [9.17, 15) is 4.79 Å². The Morgan fingerprint density at radius 1 is 1.60 bits per heavy atom. The zero-order chi connectivity index (χ0) is 11.0. The Hall–Kier alpha value is -1.23. The molecular weight excluding hydrogens is 260 g/mol. The number of carbonyl (C=O) groups excluding carboxylic acids is 1. The molecule has 0 bridgehead atoms. The summed E-state index contributed by atoms with van der Waals surface area (Å²) in [6, 6.07) is 3.53. The van der Waals surface area contributed by atoms with Crippen molar-refractivity contribution in [3.8, 4) is 5.75 Å². The molecule has 1 aliphatic rings. The van der Waals surface area contributed by atoms with E-state index in [2.05, 4.69) is 21.2 Å². The van der Waals surface area contributed by atoms with Crippen LogP contribution in [0.5, 0.6) is 5.75 Å². The van der Waals surface area contributed by atoms with Crippen LogP contribution in [0.1, 0.15) is 6.92 Å². The van der Waals surface area contributed by atoms with Gasteiger partial charge in [0.25, 0.3) is 0 Å². The van der Waals surface area contributed by atoms with Crippen LogP contribution in [0.3, 0.4) is 0 Å². The van der Waals surface area contributed by atoms with Crippen molar-refractivity contribution in [1.29, 1.82) is 0 Å². The Bertz CT molecular complexity index is 420. The number of hydrogen-bond donors (Lipinski definition) is 2. The van der Waals surface area contributed by atoms with Crippen LogP contribution < -0.4 is 15.8 Å². The van der Waals surface area contributed by atoms with Gasteiger partial charge in [-0.15, -0.1) is 0 Å². The maximum atomic E-state index is 11.6. The zero-order valence-corrected chi connectivity index (χ0v) is 9.80. The molecule has 1 aliphatic heterocycles. The minimum atomic E-state index is -0.171. The molecule has 5 heteroatoms. The number of anilines is 2. The van der Waals surface area contributed by atoms with Crippen LogP contribution in [0.25, 0.3) is 0 Å². The second-order valence-electron chi connectivity index (χ2n) is 3.57. The third-order valence-electron chi connectivity index (χ3n) is 2.27. The van der Waals surface area contributed by atoms with Crippen molar-refractivity contribution < 1.29 is 9.53 Å². The van der Waals surface area contributed by atoms with Gasteiger partial charge in [0.1, 0.15) is 0 Å². The lowest BCUT2D eigenvalue weighted by molar-refractivity contribution is -0.119. The van der Waals surface area contributed by atoms with Crippen molar-refractivity contribution in [3.05, 3.63) is 16.6 Å². The molecule has 3 N–H and O–H groups in total. The summed E-state index contributed by atoms with van der Waals surface area (Å²) in [5.41, 5.74) is 6.94. The van der Waals surface area contributed by atoms with E-state index in [-0.39, 0.29) is 11.8 Å². The molecule has 1 amide bonds. The summed E-state index contributed by atoms with van der Waals surface area (Å²) >= 11 is 3.31. The van der Waals surface area contributed by atoms with Gasteiger partial charge in [-0.05, 0) is 12.1 Å². The molecule has 80 valence electrons. The first-order chi connectivity index (χ1) is 7.08. The fourth-order valence-electron chi connectivity index (χ4n) is 1.41. The van der Waals surface area contributed by atoms with Crippen LogP contribution in [-0.2, 0) is 4.79 Å². The van der Waals surface area contributed by atoms with Crippen molar-refractivity contribution in [1.82, 2.24) is 0 Å². The van der Waals surface area contributed by atoms with Gasteiger partial charge in [-0.25, -0.2) is 0 Å². The molecule has 1 aromatic rings. The number of nitrogens with one attached hydrogen (secondary N) is 1. The smallest absolute Gasteiger partial charge is 0.230 e. The number of rotatable bonds is 0. The van der Waals surface area contributed by atoms with E-state index in [1.54, 1.807) is 12.1 Å². The van der Waals surface area contributed by atoms with E-state index in [4.69, 9.17) is 10.5 Å². The average molecular weight is 271 g/mol. The minimum absolute atomic E-state index is 0.0498. The van der Waals surface area contributed by atoms with Crippen LogP contribution in [-0.4, -0.2) is 12.5 Å². The first kappa shape index (κ1) is 10.3. The molecule has 0 fully saturated rings. The van der Waals surface area contributed by atoms with Crippen molar-refractivity contribution in [2.24, 2.45) is 5.92 Å². The first-order valence-electron chi connectivity index (χ1n) is 4.60. The highest BCUT2D eigenvalue weighted by Crippen LogP contribution is 2.36. The van der Waals surface area contributed by atoms with Crippen molar-refractivity contribution in [2.45, 2.75) is 6.92 Å². The Balaban J connectivity index is 2.47. The zero-order valence-electron chi connectivity index (χ0n) is 8.21. The van der Waals surface area contributed by atoms with Crippen molar-refractivity contribution in [2.75, 3.05) is 17.7 Å². The van der Waals surface area contributed by atoms with E-state index in [0.717, 1.165) is 4.47 Å². The van der Waals surface area contributed by atoms with Crippen LogP contribution in [0.2, 0.25) is 0 Å². The van der Waals surface area contributed by atoms with Crippen LogP contribution in [0.15, 0.2) is 16.6 Å². The van der Waals surface area contributed by atoms with E-state index in [1.165, 1.54) is 0 Å². The molecule has 1 aromatic carbocycles. The highest BCUT2D eigenvalue weighted by molar-refractivity contribution is 9.10. The number of benzene rings is 1. The molecule has 1 heterocycles. The highest BCUT2D eigenvalue weighted by atomic mass is 79.9. The van der Waals surface area contributed by atoms with Crippen LogP contribution in [0.4, 0.5) is 11.4 Å². The number of halogens is 1. The summed E-state index contributed by atoms with van der Waals surface area (Å²) in [7, 11) is 0. The Morgan fingerprint density at radius 3 is 3.07 bits per heavy atom. The largest absolute Gasteiger partial charge is 0.488 e. The van der Waals surface area contributed by atoms with Gasteiger partial charge in [0.15, 0.2) is 5.75 Å². The monoisotopic (exact) mass is 270 g/mol. The minimum Gasteiger partial charge on any atom is -0.488 e. The number of fused-ring (bicyclic) bond motifs is 1. The summed E-state index contributed by atoms with van der Waals surface area (Å²) in [5, 5.41) is 2.78. The van der Waals surface area contributed by atoms with Gasteiger partial charge in [-0.2, -0.15) is 0 Å². The van der Waals surface area contributed by atoms with Gasteiger partial charge in [0, 0.05) is 4.47 Å². The number of nitrogens with two attached hydrogens (primary N) is 1. The second kappa shape index (κ2) is 3.73. The van der Waals surface area contributed by atoms with E-state index in [1.807, 2.05) is 6.92 Å². The molecule has 4 nitrogen and oxygen atoms in total. The lowest BCUT2D eigenvalue weighted by Crippen LogP contribution is -2.21. The summed E-state index contributed by atoms with van der Waals surface area (Å²) in [6.07, 6.45) is 0. The van der Waals surface area contributed by atoms with Gasteiger partial charge < -0.3 is 15.8 Å². The fourth-order valence-corrected chi connectivity index (χ4v) is 1.88. The third kappa shape index (κ3) is 1.92. The number of carbonyl (C=O) groups is 1. The van der Waals surface area contributed by atoms with Crippen molar-refractivity contribution in [3.63, 3.8) is 0 Å². The average Bonchev–Trinajstić information content (AvgIpc) is 2.27. The van der Waals surface area contributed by atoms with E-state index < -0.39 is 0 Å². The number of hydrogen-bond acceptors (Lipinski definition) is 3. The molecular formula is C10H11BrN2O2. The molecule has 1 unspecified atom stereocenters. The van der Waals surface area contributed by atoms with Crippen LogP contribution in [0, 0.1) is 5.92 Å². The molecule has 0 saturated heterocycles. The molecule has 0 aliphatic carbocycles. The summed E-state index contributed by atoms with van der Waals surface area (Å²) in [6.45, 7) is 2.16. The van der Waals surface area contributed by atoms with E-state index >= 15 is 0 Å². The Kier molecular flexibility index (Phi) is 2.56. The fraction of sp³-hybridized carbons (Fsp3) is 0.300. The first-order valence-corrected chi connectivity index (χ1v) is 5.40. The SMILES string of the molecule is CC1COc2c(N)cc(Br)cc2NC1=O. The maximum Gasteiger partial charge on any atom is 0.230 e. The molecule has 0 spiro atoms. The highest BCUT2D eigenvalue weighted by Gasteiger charge is 2.22. The standard InChI is InChI=1S/C10H11BrN2O2/c1-5-4-15-9-7(12)2-6(11)3-8(9)13-10(5)14/h2-3,5H,4,12H2,1H3,(H,13,14). The Labute approximate surface area is 95.9 Å². The Morgan fingerprint density at radius 2 is 2.33 bits per heavy atom. The van der Waals surface area contributed by atoms with Gasteiger partial charge in [0.2, 0.25) is 5.91 Å². The maximum absolute atomic E-state index is 11.6. The normalized spacial score (nSPS) is 19.9. The summed E-state index contributed by atoms with van der Waals surface area (Å²) in [5.74, 6) is 0.331. The second-order valence-corrected chi connectivity index (χ2v) is 4.49. The number of nitrogen functional groups attached to an aromatic ring is 1. The third-order valence-corrected chi connectivity index (χ3v) is 2.72. The van der Waals surface area contributed by atoms with Crippen molar-refractivity contribution >= 4 is 33.2 Å². The molecule has 1 atom stereocenters. The van der Waals surface area contributed by atoms with Gasteiger partial charge >= 0.3 is 0 Å². The molecule has 0 aromatic heterocycles. The predicted octanol–water partition coefficient (Wildman–Crippen LogP) is 2.00. The lowest BCUT2D eigenvalue weighted by Gasteiger charge is -2.10. The number of amides is 1. The molecule has 0 saturated carbocycles. The summed E-state index contributed by atoms with van der Waals surface area (Å²) in [4.78, 5) is 11.6. The molecule has 0 radical (unpaired) electrons. The van der Waals surface area contributed by atoms with Gasteiger partial charge in [-0.3, -0.25) is 4.79 Å². The summed E-state index contributed by atoms with van der Waals surface area (Å²) < 4.78 is 6.30. The van der Waals surface area contributed by atoms with E-state index in [0.29, 0.717) is 23.7 Å². The van der Waals surface area contributed by atoms with Crippen LogP contribution >= 0.6 is 15.9 Å². The number of ether oxygens (including phenoxy) is 1. The predicted molar refractivity (Wildman–Crippen MR) is 61.8 cm³/mol. The molecule has 15 heavy (non-hydrogen) atoms.